The van der Waals surface area contributed by atoms with Crippen LogP contribution in [0.5, 0.6) is 0 Å². The molecule has 0 saturated carbocycles. The van der Waals surface area contributed by atoms with Gasteiger partial charge >= 0.3 is 17.9 Å². The van der Waals surface area contributed by atoms with Crippen LogP contribution in [0.3, 0.4) is 0 Å². The first-order valence-corrected chi connectivity index (χ1v) is 26.7. The first-order chi connectivity index (χ1) is 32.5. The van der Waals surface area contributed by atoms with Crippen molar-refractivity contribution in [3.05, 3.63) is 122 Å². The summed E-state index contributed by atoms with van der Waals surface area (Å²) in [6.07, 6.45) is 73.1. The van der Waals surface area contributed by atoms with Gasteiger partial charge in [-0.25, -0.2) is 0 Å². The second-order valence-electron chi connectivity index (χ2n) is 17.3. The standard InChI is InChI=1S/C60H96O6/c1-4-7-10-13-16-19-22-25-28-29-30-33-35-38-41-44-47-50-53-59(62)65-56-57(66-60(63)54-51-48-45-42-39-36-32-27-24-21-18-15-12-9-6-3)55-64-58(61)52-49-46-43-40-37-34-31-26-23-20-17-14-11-8-5-2/h9-10,12-13,15-16,18-25,27-30,32-33,57H,4-8,11,14,17,26,31,34-56H2,1-3H3/b12-9-,13-10-,18-15-,19-16-,23-20-,24-21-,25-22-,29-28-,32-27-,33-30-. The summed E-state index contributed by atoms with van der Waals surface area (Å²) in [5, 5.41) is 0. The number of ether oxygens (including phenoxy) is 3. The smallest absolute Gasteiger partial charge is 0.306 e. The van der Waals surface area contributed by atoms with Crippen molar-refractivity contribution in [3.8, 4) is 0 Å². The van der Waals surface area contributed by atoms with Crippen molar-refractivity contribution in [2.75, 3.05) is 13.2 Å². The molecule has 0 spiro atoms. The molecule has 0 bridgehead atoms. The molecular weight excluding hydrogens is 817 g/mol. The number of allylic oxidation sites excluding steroid dienone is 20. The second-order valence-corrected chi connectivity index (χ2v) is 17.3. The Labute approximate surface area is 405 Å². The van der Waals surface area contributed by atoms with Crippen molar-refractivity contribution in [3.63, 3.8) is 0 Å². The van der Waals surface area contributed by atoms with Crippen LogP contribution in [0.1, 0.15) is 220 Å². The molecule has 0 aromatic rings. The maximum absolute atomic E-state index is 12.8. The molecule has 0 aromatic heterocycles. The lowest BCUT2D eigenvalue weighted by atomic mass is 10.1. The van der Waals surface area contributed by atoms with Gasteiger partial charge in [-0.2, -0.15) is 0 Å². The van der Waals surface area contributed by atoms with Crippen LogP contribution in [0.4, 0.5) is 0 Å². The molecule has 6 nitrogen and oxygen atoms in total. The van der Waals surface area contributed by atoms with E-state index in [1.807, 2.05) is 48.6 Å². The molecule has 0 radical (unpaired) electrons. The van der Waals surface area contributed by atoms with Crippen molar-refractivity contribution in [1.29, 1.82) is 0 Å². The number of esters is 3. The lowest BCUT2D eigenvalue weighted by molar-refractivity contribution is -0.167. The SMILES string of the molecule is CC\C=C/C=C\C=C/C=C\CCCCCCCC(=O)OC(COC(=O)CCCCCCC\C=C/C=C\C=C/C=C\C=C/CCC)COC(=O)CCCCCCCCC/C=C\CCCCCC. The summed E-state index contributed by atoms with van der Waals surface area (Å²) in [6.45, 7) is 6.34. The summed E-state index contributed by atoms with van der Waals surface area (Å²) in [7, 11) is 0. The van der Waals surface area contributed by atoms with Crippen LogP contribution < -0.4 is 0 Å². The molecule has 0 amide bonds. The van der Waals surface area contributed by atoms with Crippen LogP contribution in [0.2, 0.25) is 0 Å². The van der Waals surface area contributed by atoms with Gasteiger partial charge in [0.1, 0.15) is 13.2 Å². The van der Waals surface area contributed by atoms with E-state index < -0.39 is 6.10 Å². The first-order valence-electron chi connectivity index (χ1n) is 26.7. The predicted octanol–water partition coefficient (Wildman–Crippen LogP) is 17.7. The highest BCUT2D eigenvalue weighted by Gasteiger charge is 2.19. The number of rotatable bonds is 46. The Bertz CT molecular complexity index is 1420. The molecule has 1 unspecified atom stereocenters. The Balaban J connectivity index is 4.51. The summed E-state index contributed by atoms with van der Waals surface area (Å²) in [5.74, 6) is -0.961. The molecular formula is C60H96O6. The number of carbonyl (C=O) groups excluding carboxylic acids is 3. The molecule has 0 heterocycles. The quantitative estimate of drug-likeness (QED) is 0.0199. The monoisotopic (exact) mass is 913 g/mol. The fraction of sp³-hybridized carbons (Fsp3) is 0.617. The molecule has 0 saturated heterocycles. The molecule has 0 aromatic carbocycles. The molecule has 372 valence electrons. The van der Waals surface area contributed by atoms with Gasteiger partial charge in [0, 0.05) is 19.3 Å². The average Bonchev–Trinajstić information content (AvgIpc) is 3.31. The van der Waals surface area contributed by atoms with Gasteiger partial charge in [0.25, 0.3) is 0 Å². The van der Waals surface area contributed by atoms with Gasteiger partial charge in [0.2, 0.25) is 0 Å². The molecule has 6 heteroatoms. The predicted molar refractivity (Wildman–Crippen MR) is 283 cm³/mol. The highest BCUT2D eigenvalue weighted by molar-refractivity contribution is 5.71. The molecule has 0 fully saturated rings. The molecule has 0 aliphatic carbocycles. The topological polar surface area (TPSA) is 78.9 Å². The molecule has 66 heavy (non-hydrogen) atoms. The second kappa shape index (κ2) is 53.4. The summed E-state index contributed by atoms with van der Waals surface area (Å²) in [4.78, 5) is 38.1. The Morgan fingerprint density at radius 1 is 0.318 bits per heavy atom. The van der Waals surface area contributed by atoms with E-state index in [1.165, 1.54) is 70.6 Å². The normalized spacial score (nSPS) is 13.1. The van der Waals surface area contributed by atoms with Crippen LogP contribution >= 0.6 is 0 Å². The molecule has 0 aliphatic heterocycles. The largest absolute Gasteiger partial charge is 0.462 e. The molecule has 0 N–H and O–H groups in total. The molecule has 0 rings (SSSR count). The fourth-order valence-electron chi connectivity index (χ4n) is 6.89. The van der Waals surface area contributed by atoms with Crippen molar-refractivity contribution >= 4 is 17.9 Å². The Hall–Kier alpha value is -4.19. The number of hydrogen-bond acceptors (Lipinski definition) is 6. The van der Waals surface area contributed by atoms with E-state index in [0.29, 0.717) is 19.3 Å². The Kier molecular flexibility index (Phi) is 50.0. The number of unbranched alkanes of at least 4 members (excludes halogenated alkanes) is 22. The van der Waals surface area contributed by atoms with E-state index in [4.69, 9.17) is 14.2 Å². The van der Waals surface area contributed by atoms with E-state index in [-0.39, 0.29) is 31.1 Å². The summed E-state index contributed by atoms with van der Waals surface area (Å²) in [6, 6.07) is 0. The number of hydrogen-bond donors (Lipinski definition) is 0. The zero-order valence-corrected chi connectivity index (χ0v) is 42.4. The zero-order chi connectivity index (χ0) is 47.9. The maximum atomic E-state index is 12.8. The van der Waals surface area contributed by atoms with E-state index in [0.717, 1.165) is 109 Å². The summed E-state index contributed by atoms with van der Waals surface area (Å²) in [5.41, 5.74) is 0. The zero-order valence-electron chi connectivity index (χ0n) is 42.4. The van der Waals surface area contributed by atoms with E-state index in [1.54, 1.807) is 0 Å². The third kappa shape index (κ3) is 50.8. The molecule has 0 aliphatic rings. The summed E-state index contributed by atoms with van der Waals surface area (Å²) >= 11 is 0. The lowest BCUT2D eigenvalue weighted by Gasteiger charge is -2.18. The minimum absolute atomic E-state index is 0.102. The van der Waals surface area contributed by atoms with Crippen LogP contribution in [-0.2, 0) is 28.6 Å². The van der Waals surface area contributed by atoms with Gasteiger partial charge < -0.3 is 14.2 Å². The van der Waals surface area contributed by atoms with Crippen LogP contribution in [0, 0.1) is 0 Å². The fourth-order valence-corrected chi connectivity index (χ4v) is 6.89. The van der Waals surface area contributed by atoms with Crippen molar-refractivity contribution in [2.45, 2.75) is 226 Å². The van der Waals surface area contributed by atoms with E-state index in [9.17, 15) is 14.4 Å². The highest BCUT2D eigenvalue weighted by atomic mass is 16.6. The van der Waals surface area contributed by atoms with Crippen molar-refractivity contribution < 1.29 is 28.6 Å². The summed E-state index contributed by atoms with van der Waals surface area (Å²) < 4.78 is 16.8. The number of carbonyl (C=O) groups is 3. The van der Waals surface area contributed by atoms with Gasteiger partial charge in [0.15, 0.2) is 6.10 Å². The van der Waals surface area contributed by atoms with Gasteiger partial charge in [-0.15, -0.1) is 0 Å². The minimum atomic E-state index is -0.807. The van der Waals surface area contributed by atoms with Crippen LogP contribution in [0.15, 0.2) is 122 Å². The lowest BCUT2D eigenvalue weighted by Crippen LogP contribution is -2.30. The Morgan fingerprint density at radius 3 is 1.03 bits per heavy atom. The van der Waals surface area contributed by atoms with Crippen LogP contribution in [0.25, 0.3) is 0 Å². The van der Waals surface area contributed by atoms with Crippen molar-refractivity contribution in [1.82, 2.24) is 0 Å². The first kappa shape index (κ1) is 61.8. The maximum Gasteiger partial charge on any atom is 0.306 e. The van der Waals surface area contributed by atoms with Gasteiger partial charge in [-0.3, -0.25) is 14.4 Å². The van der Waals surface area contributed by atoms with Gasteiger partial charge in [-0.1, -0.05) is 239 Å². The van der Waals surface area contributed by atoms with Gasteiger partial charge in [-0.05, 0) is 83.5 Å². The molecule has 1 atom stereocenters. The minimum Gasteiger partial charge on any atom is -0.462 e. The highest BCUT2D eigenvalue weighted by Crippen LogP contribution is 2.14. The third-order valence-electron chi connectivity index (χ3n) is 10.9. The van der Waals surface area contributed by atoms with E-state index in [2.05, 4.69) is 93.7 Å². The average molecular weight is 913 g/mol. The third-order valence-corrected chi connectivity index (χ3v) is 10.9. The van der Waals surface area contributed by atoms with Crippen molar-refractivity contribution in [2.24, 2.45) is 0 Å². The van der Waals surface area contributed by atoms with Gasteiger partial charge in [0.05, 0.1) is 0 Å². The van der Waals surface area contributed by atoms with E-state index >= 15 is 0 Å². The van der Waals surface area contributed by atoms with Crippen LogP contribution in [-0.4, -0.2) is 37.2 Å². The Morgan fingerprint density at radius 2 is 0.636 bits per heavy atom.